The first-order valence-electron chi connectivity index (χ1n) is 11.3. The van der Waals surface area contributed by atoms with Crippen molar-refractivity contribution in [2.45, 2.75) is 39.2 Å². The fourth-order valence-electron chi connectivity index (χ4n) is 4.15. The first-order chi connectivity index (χ1) is 16.1. The van der Waals surface area contributed by atoms with Crippen LogP contribution in [0.2, 0.25) is 0 Å². The summed E-state index contributed by atoms with van der Waals surface area (Å²) in [7, 11) is 0. The van der Waals surface area contributed by atoms with Gasteiger partial charge in [-0.25, -0.2) is 9.97 Å². The van der Waals surface area contributed by atoms with Crippen LogP contribution in [0.5, 0.6) is 0 Å². The number of carbonyl (C=O) groups is 1. The van der Waals surface area contributed by atoms with Crippen LogP contribution in [0.1, 0.15) is 31.7 Å². The highest BCUT2D eigenvalue weighted by Crippen LogP contribution is 2.27. The second-order valence-corrected chi connectivity index (χ2v) is 8.45. The molecule has 1 fully saturated rings. The number of nitrogens with zero attached hydrogens (tertiary/aromatic N) is 5. The van der Waals surface area contributed by atoms with E-state index in [4.69, 9.17) is 4.42 Å². The number of aromatic nitrogens is 4. The Bertz CT molecular complexity index is 1300. The van der Waals surface area contributed by atoms with Gasteiger partial charge in [-0.05, 0) is 57.4 Å². The second-order valence-electron chi connectivity index (χ2n) is 8.45. The van der Waals surface area contributed by atoms with Crippen LogP contribution >= 0.6 is 0 Å². The maximum Gasteiger partial charge on any atom is 0.286 e. The molecule has 0 aliphatic carbocycles. The van der Waals surface area contributed by atoms with Gasteiger partial charge in [0.25, 0.3) is 5.89 Å². The smallest absolute Gasteiger partial charge is 0.286 e. The lowest BCUT2D eigenvalue weighted by molar-refractivity contribution is -0.132. The first kappa shape index (κ1) is 21.1. The van der Waals surface area contributed by atoms with Crippen LogP contribution in [0.15, 0.2) is 52.9 Å². The molecule has 0 unspecified atom stereocenters. The Morgan fingerprint density at radius 3 is 2.61 bits per heavy atom. The molecule has 1 aliphatic heterocycles. The van der Waals surface area contributed by atoms with E-state index in [1.807, 2.05) is 67.3 Å². The van der Waals surface area contributed by atoms with Crippen molar-refractivity contribution in [3.63, 3.8) is 0 Å². The molecule has 0 bridgehead atoms. The van der Waals surface area contributed by atoms with E-state index in [9.17, 15) is 4.79 Å². The zero-order valence-electron chi connectivity index (χ0n) is 18.8. The molecule has 33 heavy (non-hydrogen) atoms. The van der Waals surface area contributed by atoms with Crippen LogP contribution in [0.4, 0.5) is 5.82 Å². The topological polar surface area (TPSA) is 97.0 Å². The third-order valence-corrected chi connectivity index (χ3v) is 5.88. The van der Waals surface area contributed by atoms with Gasteiger partial charge < -0.3 is 14.6 Å². The lowest BCUT2D eigenvalue weighted by Gasteiger charge is -2.29. The van der Waals surface area contributed by atoms with Crippen molar-refractivity contribution in [3.8, 4) is 23.2 Å². The third kappa shape index (κ3) is 4.41. The molecule has 1 atom stereocenters. The Hall–Kier alpha value is -3.81. The Labute approximate surface area is 192 Å². The van der Waals surface area contributed by atoms with Gasteiger partial charge in [0, 0.05) is 24.0 Å². The molecule has 4 aromatic rings. The molecular weight excluding hydrogens is 416 g/mol. The Balaban J connectivity index is 1.47. The predicted octanol–water partition coefficient (Wildman–Crippen LogP) is 4.47. The first-order valence-corrected chi connectivity index (χ1v) is 11.3. The highest BCUT2D eigenvalue weighted by atomic mass is 16.4. The van der Waals surface area contributed by atoms with E-state index in [0.717, 1.165) is 48.0 Å². The summed E-state index contributed by atoms with van der Waals surface area (Å²) >= 11 is 0. The maximum absolute atomic E-state index is 13.0. The van der Waals surface area contributed by atoms with Gasteiger partial charge >= 0.3 is 0 Å². The maximum atomic E-state index is 13.0. The fraction of sp³-hybridized carbons (Fsp3) is 0.320. The summed E-state index contributed by atoms with van der Waals surface area (Å²) in [5, 5.41) is 12.5. The minimum atomic E-state index is -0.417. The monoisotopic (exact) mass is 442 g/mol. The third-order valence-electron chi connectivity index (χ3n) is 5.88. The largest absolute Gasteiger partial charge is 0.413 e. The van der Waals surface area contributed by atoms with E-state index in [2.05, 4.69) is 25.5 Å². The molecule has 2 aromatic heterocycles. The van der Waals surface area contributed by atoms with Gasteiger partial charge in [0.05, 0.1) is 5.52 Å². The van der Waals surface area contributed by atoms with Crippen LogP contribution in [0, 0.1) is 6.92 Å². The number of hydrogen-bond acceptors (Lipinski definition) is 7. The number of amides is 1. The zero-order chi connectivity index (χ0) is 22.8. The van der Waals surface area contributed by atoms with E-state index < -0.39 is 6.04 Å². The SMILES string of the molecule is Cc1cccc(-c2nnc(-c3nc(N[C@H](C)C(=O)N4CCCCC4)c4ccccc4n3)o2)c1. The van der Waals surface area contributed by atoms with Crippen molar-refractivity contribution < 1.29 is 9.21 Å². The molecule has 0 radical (unpaired) electrons. The molecule has 8 nitrogen and oxygen atoms in total. The van der Waals surface area contributed by atoms with Crippen molar-refractivity contribution in [1.29, 1.82) is 0 Å². The second kappa shape index (κ2) is 8.97. The minimum Gasteiger partial charge on any atom is -0.413 e. The Morgan fingerprint density at radius 2 is 1.79 bits per heavy atom. The van der Waals surface area contributed by atoms with Gasteiger partial charge in [0.1, 0.15) is 11.9 Å². The van der Waals surface area contributed by atoms with Crippen LogP contribution in [0.3, 0.4) is 0 Å². The Kier molecular flexibility index (Phi) is 5.73. The van der Waals surface area contributed by atoms with E-state index in [0.29, 0.717) is 17.5 Å². The number of nitrogens with one attached hydrogen (secondary N) is 1. The number of hydrogen-bond donors (Lipinski definition) is 1. The molecule has 3 heterocycles. The van der Waals surface area contributed by atoms with Gasteiger partial charge in [0.15, 0.2) is 0 Å². The van der Waals surface area contributed by atoms with E-state index in [1.165, 1.54) is 6.42 Å². The molecule has 168 valence electrons. The molecule has 1 saturated heterocycles. The van der Waals surface area contributed by atoms with Gasteiger partial charge in [-0.2, -0.15) is 0 Å². The number of anilines is 1. The number of piperidine rings is 1. The van der Waals surface area contributed by atoms with Gasteiger partial charge in [-0.15, -0.1) is 10.2 Å². The highest BCUT2D eigenvalue weighted by Gasteiger charge is 2.24. The van der Waals surface area contributed by atoms with Crippen molar-refractivity contribution in [2.75, 3.05) is 18.4 Å². The molecule has 0 saturated carbocycles. The predicted molar refractivity (Wildman–Crippen MR) is 127 cm³/mol. The summed E-state index contributed by atoms with van der Waals surface area (Å²) in [6.45, 7) is 5.50. The number of para-hydroxylation sites is 1. The van der Waals surface area contributed by atoms with Gasteiger partial charge in [0.2, 0.25) is 17.6 Å². The molecule has 2 aromatic carbocycles. The minimum absolute atomic E-state index is 0.0819. The van der Waals surface area contributed by atoms with Crippen molar-refractivity contribution in [1.82, 2.24) is 25.1 Å². The summed E-state index contributed by atoms with van der Waals surface area (Å²) in [6, 6.07) is 15.1. The summed E-state index contributed by atoms with van der Waals surface area (Å²) < 4.78 is 5.91. The molecule has 1 amide bonds. The molecule has 1 N–H and O–H groups in total. The quantitative estimate of drug-likeness (QED) is 0.487. The summed E-state index contributed by atoms with van der Waals surface area (Å²) in [6.07, 6.45) is 3.29. The Morgan fingerprint density at radius 1 is 1.00 bits per heavy atom. The van der Waals surface area contributed by atoms with Crippen LogP contribution < -0.4 is 5.32 Å². The van der Waals surface area contributed by atoms with Crippen molar-refractivity contribution in [3.05, 3.63) is 54.1 Å². The number of fused-ring (bicyclic) bond motifs is 1. The number of benzene rings is 2. The van der Waals surface area contributed by atoms with E-state index in [1.54, 1.807) is 0 Å². The standard InChI is InChI=1S/C25H26N6O2/c1-16-9-8-10-18(15-16)23-29-30-24(33-23)22-27-20-12-5-4-11-19(20)21(28-22)26-17(2)25(32)31-13-6-3-7-14-31/h4-5,8-12,15,17H,3,6-7,13-14H2,1-2H3,(H,26,27,28)/t17-/m1/s1. The lowest BCUT2D eigenvalue weighted by Crippen LogP contribution is -2.44. The average molecular weight is 443 g/mol. The van der Waals surface area contributed by atoms with Crippen LogP contribution in [0.25, 0.3) is 34.1 Å². The average Bonchev–Trinajstić information content (AvgIpc) is 3.34. The normalized spacial score (nSPS) is 14.9. The summed E-state index contributed by atoms with van der Waals surface area (Å²) in [5.74, 6) is 1.62. The van der Waals surface area contributed by atoms with Gasteiger partial charge in [-0.3, -0.25) is 4.79 Å². The molecule has 0 spiro atoms. The molecule has 8 heteroatoms. The number of carbonyl (C=O) groups excluding carboxylic acids is 1. The van der Waals surface area contributed by atoms with Crippen LogP contribution in [-0.2, 0) is 4.79 Å². The molecule has 1 aliphatic rings. The summed E-state index contributed by atoms with van der Waals surface area (Å²) in [5.41, 5.74) is 2.68. The molecular formula is C25H26N6O2. The zero-order valence-corrected chi connectivity index (χ0v) is 18.8. The van der Waals surface area contributed by atoms with Crippen molar-refractivity contribution >= 4 is 22.6 Å². The summed E-state index contributed by atoms with van der Waals surface area (Å²) in [4.78, 5) is 24.2. The molecule has 5 rings (SSSR count). The van der Waals surface area contributed by atoms with Gasteiger partial charge in [-0.1, -0.05) is 29.8 Å². The number of likely N-dealkylation sites (tertiary alicyclic amines) is 1. The number of aryl methyl sites for hydroxylation is 1. The highest BCUT2D eigenvalue weighted by molar-refractivity contribution is 5.93. The van der Waals surface area contributed by atoms with E-state index >= 15 is 0 Å². The number of rotatable bonds is 5. The van der Waals surface area contributed by atoms with Crippen LogP contribution in [-0.4, -0.2) is 50.1 Å². The fourth-order valence-corrected chi connectivity index (χ4v) is 4.15. The lowest BCUT2D eigenvalue weighted by atomic mass is 10.1. The van der Waals surface area contributed by atoms with Crippen molar-refractivity contribution in [2.24, 2.45) is 0 Å². The van der Waals surface area contributed by atoms with E-state index in [-0.39, 0.29) is 11.8 Å².